The molecule has 0 radical (unpaired) electrons. The first-order chi connectivity index (χ1) is 14.0. The van der Waals surface area contributed by atoms with E-state index in [1.807, 2.05) is 48.5 Å². The molecule has 0 spiro atoms. The van der Waals surface area contributed by atoms with E-state index in [2.05, 4.69) is 11.9 Å². The van der Waals surface area contributed by atoms with Gasteiger partial charge in [-0.3, -0.25) is 4.79 Å². The van der Waals surface area contributed by atoms with Crippen LogP contribution in [0.5, 0.6) is 0 Å². The summed E-state index contributed by atoms with van der Waals surface area (Å²) in [5.74, 6) is -1.64. The number of alkyl carbamates (subject to hydrolysis) is 1. The molecule has 0 heterocycles. The topological polar surface area (TPSA) is 108 Å². The van der Waals surface area contributed by atoms with E-state index >= 15 is 0 Å². The van der Waals surface area contributed by atoms with Crippen molar-refractivity contribution in [2.45, 2.75) is 18.4 Å². The fourth-order valence-electron chi connectivity index (χ4n) is 3.42. The molecule has 150 valence electrons. The summed E-state index contributed by atoms with van der Waals surface area (Å²) in [6, 6.07) is 14.7. The lowest BCUT2D eigenvalue weighted by molar-refractivity contribution is -0.146. The van der Waals surface area contributed by atoms with Crippen molar-refractivity contribution < 1.29 is 23.9 Å². The maximum atomic E-state index is 12.3. The van der Waals surface area contributed by atoms with Gasteiger partial charge in [-0.1, -0.05) is 61.2 Å². The van der Waals surface area contributed by atoms with Gasteiger partial charge in [0.2, 0.25) is 5.91 Å². The van der Waals surface area contributed by atoms with E-state index in [1.165, 1.54) is 6.08 Å². The average molecular weight is 394 g/mol. The average Bonchev–Trinajstić information content (AvgIpc) is 3.03. The summed E-state index contributed by atoms with van der Waals surface area (Å²) in [4.78, 5) is 35.5. The summed E-state index contributed by atoms with van der Waals surface area (Å²) in [7, 11) is 0. The molecular formula is C22H22N2O5. The predicted octanol–water partition coefficient (Wildman–Crippen LogP) is 2.50. The Morgan fingerprint density at radius 3 is 2.17 bits per heavy atom. The molecule has 0 saturated heterocycles. The normalized spacial score (nSPS) is 13.0. The molecule has 7 nitrogen and oxygen atoms in total. The highest BCUT2D eigenvalue weighted by atomic mass is 16.6. The number of esters is 1. The van der Waals surface area contributed by atoms with Crippen LogP contribution in [0.25, 0.3) is 11.1 Å². The zero-order valence-electron chi connectivity index (χ0n) is 15.8. The number of fused-ring (bicyclic) bond motifs is 3. The molecule has 1 aliphatic rings. The Balaban J connectivity index is 1.67. The van der Waals surface area contributed by atoms with Crippen molar-refractivity contribution in [1.29, 1.82) is 0 Å². The van der Waals surface area contributed by atoms with E-state index in [-0.39, 0.29) is 25.6 Å². The van der Waals surface area contributed by atoms with Gasteiger partial charge >= 0.3 is 12.1 Å². The Hall–Kier alpha value is -3.61. The molecule has 2 aromatic carbocycles. The van der Waals surface area contributed by atoms with Gasteiger partial charge in [-0.05, 0) is 22.3 Å². The number of nitrogens with two attached hydrogens (primary N) is 1. The first-order valence-electron chi connectivity index (χ1n) is 9.18. The van der Waals surface area contributed by atoms with E-state index in [9.17, 15) is 14.4 Å². The Labute approximate surface area is 168 Å². The number of nitrogens with one attached hydrogen (secondary N) is 1. The lowest BCUT2D eigenvalue weighted by Crippen LogP contribution is -2.44. The summed E-state index contributed by atoms with van der Waals surface area (Å²) >= 11 is 0. The third-order valence-electron chi connectivity index (χ3n) is 4.67. The molecule has 0 aromatic heterocycles. The summed E-state index contributed by atoms with van der Waals surface area (Å²) < 4.78 is 10.3. The number of primary amides is 1. The fraction of sp³-hybridized carbons (Fsp3) is 0.227. The minimum atomic E-state index is -1.22. The Morgan fingerprint density at radius 2 is 1.62 bits per heavy atom. The summed E-state index contributed by atoms with van der Waals surface area (Å²) in [6.45, 7) is 3.49. The third-order valence-corrected chi connectivity index (χ3v) is 4.67. The van der Waals surface area contributed by atoms with Gasteiger partial charge < -0.3 is 20.5 Å². The van der Waals surface area contributed by atoms with Crippen molar-refractivity contribution in [3.05, 3.63) is 72.3 Å². The molecule has 2 aromatic rings. The maximum Gasteiger partial charge on any atom is 0.407 e. The molecular weight excluding hydrogens is 372 g/mol. The number of carbonyl (C=O) groups is 3. The lowest BCUT2D eigenvalue weighted by Gasteiger charge is -2.18. The smallest absolute Gasteiger partial charge is 0.407 e. The van der Waals surface area contributed by atoms with E-state index in [0.717, 1.165) is 22.3 Å². The minimum Gasteiger partial charge on any atom is -0.460 e. The first-order valence-corrected chi connectivity index (χ1v) is 9.18. The number of benzene rings is 2. The number of ether oxygens (including phenoxy) is 2. The van der Waals surface area contributed by atoms with E-state index in [1.54, 1.807) is 0 Å². The van der Waals surface area contributed by atoms with Gasteiger partial charge in [0.1, 0.15) is 19.3 Å². The van der Waals surface area contributed by atoms with Gasteiger partial charge in [-0.2, -0.15) is 0 Å². The monoisotopic (exact) mass is 394 g/mol. The van der Waals surface area contributed by atoms with Crippen LogP contribution in [0.15, 0.2) is 61.2 Å². The van der Waals surface area contributed by atoms with Gasteiger partial charge in [-0.25, -0.2) is 9.59 Å². The van der Waals surface area contributed by atoms with Crippen LogP contribution in [0.4, 0.5) is 4.79 Å². The SMILES string of the molecule is C=CCOC(=O)[C@H](CC(N)=O)NC(=O)OCC1c2ccccc2-c2ccccc21. The van der Waals surface area contributed by atoms with Gasteiger partial charge in [0.05, 0.1) is 6.42 Å². The van der Waals surface area contributed by atoms with Crippen LogP contribution in [0, 0.1) is 0 Å². The Kier molecular flexibility index (Phi) is 6.29. The number of rotatable bonds is 8. The van der Waals surface area contributed by atoms with Crippen LogP contribution in [-0.2, 0) is 19.1 Å². The standard InChI is InChI=1S/C22H22N2O5/c1-2-11-28-21(26)19(12-20(23)25)24-22(27)29-13-18-16-9-5-3-7-14(16)15-8-4-6-10-17(15)18/h2-10,18-19H,1,11-13H2,(H2,23,25)(H,24,27)/t19-/m0/s1. The molecule has 0 bridgehead atoms. The molecule has 0 unspecified atom stereocenters. The van der Waals surface area contributed by atoms with Crippen molar-refractivity contribution in [3.63, 3.8) is 0 Å². The molecule has 3 N–H and O–H groups in total. The van der Waals surface area contributed by atoms with Crippen LogP contribution in [-0.4, -0.2) is 37.2 Å². The second-order valence-corrected chi connectivity index (χ2v) is 6.61. The summed E-state index contributed by atoms with van der Waals surface area (Å²) in [5.41, 5.74) is 9.51. The van der Waals surface area contributed by atoms with Crippen molar-refractivity contribution in [2.24, 2.45) is 5.73 Å². The minimum absolute atomic E-state index is 0.0412. The van der Waals surface area contributed by atoms with Crippen molar-refractivity contribution >= 4 is 18.0 Å². The van der Waals surface area contributed by atoms with Crippen LogP contribution in [0.3, 0.4) is 0 Å². The second kappa shape index (κ2) is 9.05. The zero-order valence-corrected chi connectivity index (χ0v) is 15.8. The van der Waals surface area contributed by atoms with Gasteiger partial charge in [0.15, 0.2) is 0 Å². The Morgan fingerprint density at radius 1 is 1.03 bits per heavy atom. The zero-order chi connectivity index (χ0) is 20.8. The maximum absolute atomic E-state index is 12.3. The van der Waals surface area contributed by atoms with Gasteiger partial charge in [-0.15, -0.1) is 0 Å². The summed E-state index contributed by atoms with van der Waals surface area (Å²) in [5, 5.41) is 2.36. The molecule has 1 atom stereocenters. The Bertz CT molecular complexity index is 895. The third kappa shape index (κ3) is 4.63. The fourth-order valence-corrected chi connectivity index (χ4v) is 3.42. The largest absolute Gasteiger partial charge is 0.460 e. The molecule has 0 saturated carbocycles. The molecule has 3 rings (SSSR count). The highest BCUT2D eigenvalue weighted by Gasteiger charge is 2.30. The first kappa shape index (κ1) is 20.1. The van der Waals surface area contributed by atoms with Crippen molar-refractivity contribution in [3.8, 4) is 11.1 Å². The number of carbonyl (C=O) groups excluding carboxylic acids is 3. The molecule has 7 heteroatoms. The summed E-state index contributed by atoms with van der Waals surface area (Å²) in [6.07, 6.45) is 0.167. The lowest BCUT2D eigenvalue weighted by atomic mass is 9.98. The highest BCUT2D eigenvalue weighted by molar-refractivity contribution is 5.87. The van der Waals surface area contributed by atoms with Crippen molar-refractivity contribution in [1.82, 2.24) is 5.32 Å². The predicted molar refractivity (Wildman–Crippen MR) is 107 cm³/mol. The van der Waals surface area contributed by atoms with E-state index in [4.69, 9.17) is 15.2 Å². The van der Waals surface area contributed by atoms with E-state index < -0.39 is 24.0 Å². The van der Waals surface area contributed by atoms with Crippen LogP contribution >= 0.6 is 0 Å². The van der Waals surface area contributed by atoms with Crippen LogP contribution in [0.1, 0.15) is 23.5 Å². The van der Waals surface area contributed by atoms with Crippen molar-refractivity contribution in [2.75, 3.05) is 13.2 Å². The second-order valence-electron chi connectivity index (χ2n) is 6.61. The quantitative estimate of drug-likeness (QED) is 0.528. The number of amides is 2. The number of hydrogen-bond donors (Lipinski definition) is 2. The van der Waals surface area contributed by atoms with Gasteiger partial charge in [0, 0.05) is 5.92 Å². The molecule has 29 heavy (non-hydrogen) atoms. The van der Waals surface area contributed by atoms with Crippen LogP contribution in [0.2, 0.25) is 0 Å². The van der Waals surface area contributed by atoms with E-state index in [0.29, 0.717) is 0 Å². The highest BCUT2D eigenvalue weighted by Crippen LogP contribution is 2.44. The molecule has 1 aliphatic carbocycles. The number of hydrogen-bond acceptors (Lipinski definition) is 5. The molecule has 0 fully saturated rings. The van der Waals surface area contributed by atoms with Crippen LogP contribution < -0.4 is 11.1 Å². The molecule has 0 aliphatic heterocycles. The van der Waals surface area contributed by atoms with Gasteiger partial charge in [0.25, 0.3) is 0 Å². The molecule has 2 amide bonds.